The molecule has 0 aliphatic carbocycles. The number of hydrogen-bond donors (Lipinski definition) is 1. The molecule has 1 heterocycles. The molecular formula is C15H22N2O3S. The van der Waals surface area contributed by atoms with E-state index in [1.807, 2.05) is 37.3 Å². The molecule has 0 saturated carbocycles. The number of rotatable bonds is 6. The van der Waals surface area contributed by atoms with E-state index in [2.05, 4.69) is 5.32 Å². The molecule has 1 saturated heterocycles. The summed E-state index contributed by atoms with van der Waals surface area (Å²) in [5, 5.41) is 3.33. The average molecular weight is 310 g/mol. The van der Waals surface area contributed by atoms with Gasteiger partial charge in [0.1, 0.15) is 16.0 Å². The van der Waals surface area contributed by atoms with Gasteiger partial charge < -0.3 is 4.90 Å². The van der Waals surface area contributed by atoms with Crippen molar-refractivity contribution in [2.75, 3.05) is 18.6 Å². The summed E-state index contributed by atoms with van der Waals surface area (Å²) in [6, 6.07) is 9.59. The Bertz CT molecular complexity index is 586. The highest BCUT2D eigenvalue weighted by molar-refractivity contribution is 7.90. The topological polar surface area (TPSA) is 66.5 Å². The van der Waals surface area contributed by atoms with Crippen molar-refractivity contribution in [1.29, 1.82) is 0 Å². The Morgan fingerprint density at radius 2 is 1.90 bits per heavy atom. The number of amides is 1. The molecule has 2 unspecified atom stereocenters. The number of nitrogens with zero attached hydrogens (tertiary/aromatic N) is 1. The fourth-order valence-electron chi connectivity index (χ4n) is 2.62. The first kappa shape index (κ1) is 16.0. The molecule has 1 aromatic rings. The monoisotopic (exact) mass is 310 g/mol. The Morgan fingerprint density at radius 3 is 2.48 bits per heavy atom. The third kappa shape index (κ3) is 4.04. The molecule has 21 heavy (non-hydrogen) atoms. The van der Waals surface area contributed by atoms with Crippen molar-refractivity contribution in [3.8, 4) is 0 Å². The Labute approximate surface area is 126 Å². The molecule has 1 aliphatic rings. The van der Waals surface area contributed by atoms with E-state index in [4.69, 9.17) is 0 Å². The second kappa shape index (κ2) is 6.58. The molecule has 0 radical (unpaired) electrons. The molecule has 1 fully saturated rings. The molecule has 1 aliphatic heterocycles. The van der Waals surface area contributed by atoms with Gasteiger partial charge in [-0.1, -0.05) is 37.3 Å². The zero-order chi connectivity index (χ0) is 15.5. The lowest BCUT2D eigenvalue weighted by atomic mass is 10.1. The average Bonchev–Trinajstić information content (AvgIpc) is 2.75. The number of hydrogen-bond acceptors (Lipinski definition) is 4. The van der Waals surface area contributed by atoms with Crippen molar-refractivity contribution in [3.63, 3.8) is 0 Å². The van der Waals surface area contributed by atoms with Crippen LogP contribution in [0.2, 0.25) is 0 Å². The number of carbonyl (C=O) groups is 1. The lowest BCUT2D eigenvalue weighted by Crippen LogP contribution is -2.32. The zero-order valence-electron chi connectivity index (χ0n) is 12.5. The maximum Gasteiger partial charge on any atom is 0.241 e. The van der Waals surface area contributed by atoms with Crippen molar-refractivity contribution in [3.05, 3.63) is 35.9 Å². The van der Waals surface area contributed by atoms with E-state index in [1.54, 1.807) is 4.90 Å². The first-order valence-corrected chi connectivity index (χ1v) is 9.27. The number of nitrogens with one attached hydrogen (secondary N) is 1. The molecule has 2 rings (SSSR count). The van der Waals surface area contributed by atoms with E-state index in [9.17, 15) is 13.2 Å². The summed E-state index contributed by atoms with van der Waals surface area (Å²) in [5.74, 6) is 0.162. The van der Waals surface area contributed by atoms with Crippen LogP contribution in [0.5, 0.6) is 0 Å². The summed E-state index contributed by atoms with van der Waals surface area (Å²) in [6.45, 7) is 2.42. The number of sulfone groups is 1. The van der Waals surface area contributed by atoms with Crippen LogP contribution >= 0.6 is 0 Å². The van der Waals surface area contributed by atoms with Crippen LogP contribution in [0.1, 0.15) is 31.5 Å². The third-order valence-corrected chi connectivity index (χ3v) is 4.72. The molecule has 0 spiro atoms. The van der Waals surface area contributed by atoms with Crippen LogP contribution in [-0.4, -0.2) is 43.8 Å². The molecule has 0 bridgehead atoms. The Hall–Kier alpha value is -1.40. The van der Waals surface area contributed by atoms with Crippen LogP contribution in [0.4, 0.5) is 0 Å². The standard InChI is InChI=1S/C15H22N2O3S/c1-3-13-15(18)17(10-7-11-21(2,19)20)14(16-13)12-8-5-4-6-9-12/h4-6,8-9,13-14,16H,3,7,10-11H2,1-2H3. The molecule has 5 nitrogen and oxygen atoms in total. The Morgan fingerprint density at radius 1 is 1.24 bits per heavy atom. The van der Waals surface area contributed by atoms with Crippen molar-refractivity contribution in [1.82, 2.24) is 10.2 Å². The predicted molar refractivity (Wildman–Crippen MR) is 82.4 cm³/mol. The van der Waals surface area contributed by atoms with Gasteiger partial charge in [0.25, 0.3) is 0 Å². The fraction of sp³-hybridized carbons (Fsp3) is 0.533. The van der Waals surface area contributed by atoms with Crippen LogP contribution in [0, 0.1) is 0 Å². The number of carbonyl (C=O) groups excluding carboxylic acids is 1. The maximum absolute atomic E-state index is 12.4. The molecule has 116 valence electrons. The van der Waals surface area contributed by atoms with Gasteiger partial charge >= 0.3 is 0 Å². The molecule has 2 atom stereocenters. The summed E-state index contributed by atoms with van der Waals surface area (Å²) < 4.78 is 22.5. The zero-order valence-corrected chi connectivity index (χ0v) is 13.3. The second-order valence-electron chi connectivity index (χ2n) is 5.46. The van der Waals surface area contributed by atoms with Crippen LogP contribution in [0.25, 0.3) is 0 Å². The van der Waals surface area contributed by atoms with Crippen LogP contribution in [0.15, 0.2) is 30.3 Å². The predicted octanol–water partition coefficient (Wildman–Crippen LogP) is 1.33. The van der Waals surface area contributed by atoms with Gasteiger partial charge in [0, 0.05) is 12.8 Å². The van der Waals surface area contributed by atoms with E-state index >= 15 is 0 Å². The van der Waals surface area contributed by atoms with Crippen LogP contribution < -0.4 is 5.32 Å². The Balaban J connectivity index is 2.12. The lowest BCUT2D eigenvalue weighted by molar-refractivity contribution is -0.130. The normalized spacial score (nSPS) is 22.8. The molecule has 1 aromatic carbocycles. The van der Waals surface area contributed by atoms with Crippen molar-refractivity contribution >= 4 is 15.7 Å². The highest BCUT2D eigenvalue weighted by atomic mass is 32.2. The quantitative estimate of drug-likeness (QED) is 0.861. The fourth-order valence-corrected chi connectivity index (χ4v) is 3.27. The summed E-state index contributed by atoms with van der Waals surface area (Å²) in [7, 11) is -2.99. The number of benzene rings is 1. The van der Waals surface area contributed by atoms with Gasteiger partial charge in [-0.05, 0) is 18.4 Å². The van der Waals surface area contributed by atoms with Crippen molar-refractivity contribution in [2.24, 2.45) is 0 Å². The minimum absolute atomic E-state index is 0.0554. The first-order chi connectivity index (χ1) is 9.92. The Kier molecular flexibility index (Phi) is 5.00. The molecular weight excluding hydrogens is 288 g/mol. The summed E-state index contributed by atoms with van der Waals surface area (Å²) >= 11 is 0. The van der Waals surface area contributed by atoms with Crippen LogP contribution in [-0.2, 0) is 14.6 Å². The van der Waals surface area contributed by atoms with Gasteiger partial charge in [-0.2, -0.15) is 0 Å². The molecule has 6 heteroatoms. The second-order valence-corrected chi connectivity index (χ2v) is 7.72. The van der Waals surface area contributed by atoms with Gasteiger partial charge in [0.05, 0.1) is 11.8 Å². The van der Waals surface area contributed by atoms with E-state index in [1.165, 1.54) is 6.26 Å². The van der Waals surface area contributed by atoms with E-state index < -0.39 is 9.84 Å². The minimum atomic E-state index is -2.99. The smallest absolute Gasteiger partial charge is 0.241 e. The lowest BCUT2D eigenvalue weighted by Gasteiger charge is -2.24. The molecule has 0 aromatic heterocycles. The minimum Gasteiger partial charge on any atom is -0.322 e. The van der Waals surface area contributed by atoms with E-state index in [0.29, 0.717) is 13.0 Å². The SMILES string of the molecule is CCC1NC(c2ccccc2)N(CCCS(C)(=O)=O)C1=O. The summed E-state index contributed by atoms with van der Waals surface area (Å²) in [4.78, 5) is 14.1. The van der Waals surface area contributed by atoms with Gasteiger partial charge in [-0.25, -0.2) is 8.42 Å². The van der Waals surface area contributed by atoms with Gasteiger partial charge in [0.2, 0.25) is 5.91 Å². The highest BCUT2D eigenvalue weighted by Crippen LogP contribution is 2.26. The summed E-state index contributed by atoms with van der Waals surface area (Å²) in [5.41, 5.74) is 1.03. The van der Waals surface area contributed by atoms with Crippen LogP contribution in [0.3, 0.4) is 0 Å². The molecule has 1 amide bonds. The third-order valence-electron chi connectivity index (χ3n) is 3.69. The van der Waals surface area contributed by atoms with E-state index in [0.717, 1.165) is 12.0 Å². The van der Waals surface area contributed by atoms with Crippen molar-refractivity contribution < 1.29 is 13.2 Å². The van der Waals surface area contributed by atoms with Crippen molar-refractivity contribution in [2.45, 2.75) is 32.0 Å². The van der Waals surface area contributed by atoms with Gasteiger partial charge in [-0.3, -0.25) is 10.1 Å². The summed E-state index contributed by atoms with van der Waals surface area (Å²) in [6.07, 6.45) is 2.25. The molecule has 1 N–H and O–H groups in total. The highest BCUT2D eigenvalue weighted by Gasteiger charge is 2.38. The largest absolute Gasteiger partial charge is 0.322 e. The van der Waals surface area contributed by atoms with Gasteiger partial charge in [0.15, 0.2) is 0 Å². The first-order valence-electron chi connectivity index (χ1n) is 7.21. The van der Waals surface area contributed by atoms with E-state index in [-0.39, 0.29) is 23.9 Å². The van der Waals surface area contributed by atoms with Gasteiger partial charge in [-0.15, -0.1) is 0 Å². The maximum atomic E-state index is 12.4.